The highest BCUT2D eigenvalue weighted by Crippen LogP contribution is 2.19. The molecule has 2 aromatic rings. The second-order valence-electron chi connectivity index (χ2n) is 3.62. The van der Waals surface area contributed by atoms with Gasteiger partial charge in [0.05, 0.1) is 0 Å². The molecule has 0 N–H and O–H groups in total. The number of halogens is 1. The lowest BCUT2D eigenvalue weighted by molar-refractivity contribution is 0.375. The fourth-order valence-corrected chi connectivity index (χ4v) is 1.66. The molecule has 84 valence electrons. The molecule has 0 aliphatic carbocycles. The minimum Gasteiger partial charge on any atom is -0.339 e. The first-order valence-electron chi connectivity index (χ1n) is 5.38. The quantitative estimate of drug-likeness (QED) is 0.854. The van der Waals surface area contributed by atoms with E-state index in [4.69, 9.17) is 4.52 Å². The molecule has 1 heterocycles. The van der Waals surface area contributed by atoms with Gasteiger partial charge in [-0.15, -0.1) is 0 Å². The first-order chi connectivity index (χ1) is 7.79. The third kappa shape index (κ3) is 2.70. The summed E-state index contributed by atoms with van der Waals surface area (Å²) in [6, 6.07) is 7.88. The molecule has 1 aromatic carbocycles. The van der Waals surface area contributed by atoms with Crippen molar-refractivity contribution in [2.75, 3.05) is 0 Å². The summed E-state index contributed by atoms with van der Waals surface area (Å²) >= 11 is 3.39. The van der Waals surface area contributed by atoms with Gasteiger partial charge in [-0.05, 0) is 30.7 Å². The van der Waals surface area contributed by atoms with Crippen molar-refractivity contribution in [2.45, 2.75) is 26.2 Å². The Labute approximate surface area is 103 Å². The zero-order chi connectivity index (χ0) is 11.4. The van der Waals surface area contributed by atoms with Crippen LogP contribution in [-0.4, -0.2) is 10.1 Å². The number of unbranched alkanes of at least 4 members (excludes halogenated alkanes) is 1. The third-order valence-corrected chi connectivity index (χ3v) is 2.84. The Hall–Kier alpha value is -1.16. The van der Waals surface area contributed by atoms with Gasteiger partial charge in [0.2, 0.25) is 11.7 Å². The van der Waals surface area contributed by atoms with Gasteiger partial charge in [0.25, 0.3) is 0 Å². The van der Waals surface area contributed by atoms with Crippen molar-refractivity contribution in [1.29, 1.82) is 0 Å². The zero-order valence-electron chi connectivity index (χ0n) is 9.11. The Morgan fingerprint density at radius 2 is 2.00 bits per heavy atom. The minimum atomic E-state index is 0.665. The predicted octanol–water partition coefficient (Wildman–Crippen LogP) is 3.84. The van der Waals surface area contributed by atoms with Crippen LogP contribution in [-0.2, 0) is 6.42 Å². The lowest BCUT2D eigenvalue weighted by Crippen LogP contribution is -1.85. The summed E-state index contributed by atoms with van der Waals surface area (Å²) in [6.07, 6.45) is 3.08. The van der Waals surface area contributed by atoms with Crippen LogP contribution < -0.4 is 0 Å². The van der Waals surface area contributed by atoms with Crippen LogP contribution in [0.2, 0.25) is 0 Å². The molecule has 0 saturated heterocycles. The molecule has 4 heteroatoms. The lowest BCUT2D eigenvalue weighted by Gasteiger charge is -1.93. The van der Waals surface area contributed by atoms with Gasteiger partial charge in [-0.25, -0.2) is 0 Å². The van der Waals surface area contributed by atoms with E-state index in [1.165, 1.54) is 0 Å². The second-order valence-corrected chi connectivity index (χ2v) is 4.54. The molecule has 0 radical (unpaired) electrons. The predicted molar refractivity (Wildman–Crippen MR) is 66.0 cm³/mol. The number of aryl methyl sites for hydroxylation is 1. The van der Waals surface area contributed by atoms with Crippen molar-refractivity contribution >= 4 is 15.9 Å². The van der Waals surface area contributed by atoms with Crippen LogP contribution in [0.3, 0.4) is 0 Å². The summed E-state index contributed by atoms with van der Waals surface area (Å²) in [5, 5.41) is 3.97. The Kier molecular flexibility index (Phi) is 3.72. The third-order valence-electron chi connectivity index (χ3n) is 2.31. The monoisotopic (exact) mass is 280 g/mol. The van der Waals surface area contributed by atoms with E-state index in [0.717, 1.165) is 35.2 Å². The molecule has 0 bridgehead atoms. The largest absolute Gasteiger partial charge is 0.339 e. The van der Waals surface area contributed by atoms with Gasteiger partial charge in [-0.3, -0.25) is 0 Å². The molecular formula is C12H13BrN2O. The topological polar surface area (TPSA) is 38.9 Å². The highest BCUT2D eigenvalue weighted by Gasteiger charge is 2.07. The molecule has 0 aliphatic heterocycles. The molecule has 2 rings (SSSR count). The van der Waals surface area contributed by atoms with E-state index in [1.54, 1.807) is 0 Å². The summed E-state index contributed by atoms with van der Waals surface area (Å²) in [7, 11) is 0. The van der Waals surface area contributed by atoms with Crippen molar-refractivity contribution in [1.82, 2.24) is 10.1 Å². The molecule has 0 aliphatic rings. The molecule has 0 amide bonds. The van der Waals surface area contributed by atoms with Crippen molar-refractivity contribution in [3.8, 4) is 11.4 Å². The second kappa shape index (κ2) is 5.25. The Balaban J connectivity index is 2.15. The maximum absolute atomic E-state index is 5.18. The van der Waals surface area contributed by atoms with Gasteiger partial charge < -0.3 is 4.52 Å². The molecule has 1 aromatic heterocycles. The van der Waals surface area contributed by atoms with E-state index in [9.17, 15) is 0 Å². The summed E-state index contributed by atoms with van der Waals surface area (Å²) in [5.74, 6) is 1.39. The highest BCUT2D eigenvalue weighted by atomic mass is 79.9. The number of hydrogen-bond acceptors (Lipinski definition) is 3. The molecule has 0 fully saturated rings. The Bertz CT molecular complexity index is 450. The van der Waals surface area contributed by atoms with Gasteiger partial charge in [-0.2, -0.15) is 4.98 Å². The van der Waals surface area contributed by atoms with E-state index in [0.29, 0.717) is 5.82 Å². The summed E-state index contributed by atoms with van der Waals surface area (Å²) in [4.78, 5) is 4.35. The van der Waals surface area contributed by atoms with Crippen LogP contribution in [0.25, 0.3) is 11.4 Å². The van der Waals surface area contributed by atoms with Crippen LogP contribution in [0.1, 0.15) is 25.7 Å². The number of rotatable bonds is 4. The Morgan fingerprint density at radius 3 is 2.69 bits per heavy atom. The fraction of sp³-hybridized carbons (Fsp3) is 0.333. The van der Waals surface area contributed by atoms with Crippen LogP contribution in [0.5, 0.6) is 0 Å². The van der Waals surface area contributed by atoms with Gasteiger partial charge in [0.1, 0.15) is 0 Å². The highest BCUT2D eigenvalue weighted by molar-refractivity contribution is 9.10. The van der Waals surface area contributed by atoms with Gasteiger partial charge in [-0.1, -0.05) is 34.4 Å². The molecule has 16 heavy (non-hydrogen) atoms. The van der Waals surface area contributed by atoms with Gasteiger partial charge in [0.15, 0.2) is 0 Å². The van der Waals surface area contributed by atoms with Crippen LogP contribution in [0.15, 0.2) is 33.3 Å². The Morgan fingerprint density at radius 1 is 1.25 bits per heavy atom. The van der Waals surface area contributed by atoms with Crippen molar-refractivity contribution in [3.63, 3.8) is 0 Å². The maximum Gasteiger partial charge on any atom is 0.226 e. The van der Waals surface area contributed by atoms with Crippen molar-refractivity contribution in [3.05, 3.63) is 34.6 Å². The van der Waals surface area contributed by atoms with E-state index in [-0.39, 0.29) is 0 Å². The van der Waals surface area contributed by atoms with Crippen LogP contribution in [0.4, 0.5) is 0 Å². The first-order valence-corrected chi connectivity index (χ1v) is 6.17. The maximum atomic E-state index is 5.18. The van der Waals surface area contributed by atoms with E-state index >= 15 is 0 Å². The molecule has 0 unspecified atom stereocenters. The average molecular weight is 281 g/mol. The van der Waals surface area contributed by atoms with Crippen LogP contribution in [0, 0.1) is 0 Å². The fourth-order valence-electron chi connectivity index (χ4n) is 1.40. The van der Waals surface area contributed by atoms with Crippen LogP contribution >= 0.6 is 15.9 Å². The summed E-state index contributed by atoms with van der Waals surface area (Å²) in [5.41, 5.74) is 0.981. The molecular weight excluding hydrogens is 268 g/mol. The number of benzene rings is 1. The minimum absolute atomic E-state index is 0.665. The first kappa shape index (κ1) is 11.3. The molecule has 0 spiro atoms. The number of nitrogens with zero attached hydrogens (tertiary/aromatic N) is 2. The van der Waals surface area contributed by atoms with Gasteiger partial charge >= 0.3 is 0 Å². The normalized spacial score (nSPS) is 10.6. The molecule has 0 atom stereocenters. The van der Waals surface area contributed by atoms with E-state index in [2.05, 4.69) is 33.0 Å². The van der Waals surface area contributed by atoms with Gasteiger partial charge in [0, 0.05) is 16.5 Å². The summed E-state index contributed by atoms with van der Waals surface area (Å²) < 4.78 is 6.23. The van der Waals surface area contributed by atoms with Crippen molar-refractivity contribution in [2.24, 2.45) is 0 Å². The van der Waals surface area contributed by atoms with E-state index in [1.807, 2.05) is 24.3 Å². The lowest BCUT2D eigenvalue weighted by atomic mass is 10.2. The smallest absolute Gasteiger partial charge is 0.226 e. The average Bonchev–Trinajstić information content (AvgIpc) is 2.76. The van der Waals surface area contributed by atoms with Crippen molar-refractivity contribution < 1.29 is 4.52 Å². The SMILES string of the molecule is CCCCc1nc(-c2ccc(Br)cc2)no1. The molecule has 0 saturated carbocycles. The zero-order valence-corrected chi connectivity index (χ0v) is 10.7. The standard InChI is InChI=1S/C12H13BrN2O/c1-2-3-4-11-14-12(15-16-11)9-5-7-10(13)8-6-9/h5-8H,2-4H2,1H3. The summed E-state index contributed by atoms with van der Waals surface area (Å²) in [6.45, 7) is 2.14. The van der Waals surface area contributed by atoms with E-state index < -0.39 is 0 Å². The number of aromatic nitrogens is 2. The molecule has 3 nitrogen and oxygen atoms in total. The number of hydrogen-bond donors (Lipinski definition) is 0.